The molecule has 1 aliphatic rings. The fourth-order valence-corrected chi connectivity index (χ4v) is 2.08. The smallest absolute Gasteiger partial charge is 0.314 e. The van der Waals surface area contributed by atoms with Crippen molar-refractivity contribution in [2.45, 2.75) is 18.3 Å². The minimum Gasteiger partial charge on any atom is -0.481 e. The number of carboxylic acid groups (broad SMARTS) is 1. The molecule has 0 unspecified atom stereocenters. The summed E-state index contributed by atoms with van der Waals surface area (Å²) in [5.41, 5.74) is 0.715. The second-order valence-electron chi connectivity index (χ2n) is 4.82. The summed E-state index contributed by atoms with van der Waals surface area (Å²) in [5.74, 6) is 1.41. The van der Waals surface area contributed by atoms with Crippen LogP contribution in [0.1, 0.15) is 18.4 Å². The van der Waals surface area contributed by atoms with Gasteiger partial charge in [0.1, 0.15) is 0 Å². The first kappa shape index (κ1) is 14.1. The highest BCUT2D eigenvalue weighted by Gasteiger charge is 2.51. The van der Waals surface area contributed by atoms with Gasteiger partial charge in [-0.05, 0) is 30.5 Å². The maximum Gasteiger partial charge on any atom is 0.314 e. The van der Waals surface area contributed by atoms with E-state index in [1.54, 1.807) is 24.3 Å². The van der Waals surface area contributed by atoms with Crippen LogP contribution in [-0.4, -0.2) is 30.1 Å². The average molecular weight is 272 g/mol. The predicted molar refractivity (Wildman–Crippen MR) is 75.3 cm³/mol. The van der Waals surface area contributed by atoms with Gasteiger partial charge in [0, 0.05) is 5.69 Å². The minimum atomic E-state index is -0.784. The van der Waals surface area contributed by atoms with Crippen LogP contribution in [0.3, 0.4) is 0 Å². The molecule has 0 heterocycles. The van der Waals surface area contributed by atoms with Gasteiger partial charge in [-0.1, -0.05) is 18.1 Å². The molecule has 20 heavy (non-hydrogen) atoms. The van der Waals surface area contributed by atoms with Crippen LogP contribution in [0, 0.1) is 12.3 Å². The van der Waals surface area contributed by atoms with Crippen molar-refractivity contribution in [1.82, 2.24) is 5.32 Å². The summed E-state index contributed by atoms with van der Waals surface area (Å²) < 4.78 is 0. The number of aliphatic carboxylic acids is 1. The molecule has 1 fully saturated rings. The van der Waals surface area contributed by atoms with Crippen LogP contribution in [0.15, 0.2) is 24.3 Å². The van der Waals surface area contributed by atoms with Crippen molar-refractivity contribution in [2.75, 3.05) is 18.4 Å². The normalized spacial score (nSPS) is 15.2. The molecule has 3 N–H and O–H groups in total. The van der Waals surface area contributed by atoms with E-state index in [1.165, 1.54) is 0 Å². The van der Waals surface area contributed by atoms with E-state index in [0.717, 1.165) is 5.56 Å². The molecule has 1 amide bonds. The number of nitrogens with one attached hydrogen (secondary N) is 2. The summed E-state index contributed by atoms with van der Waals surface area (Å²) in [6.45, 7) is 0.485. The third-order valence-corrected chi connectivity index (χ3v) is 3.39. The van der Waals surface area contributed by atoms with E-state index in [0.29, 0.717) is 25.1 Å². The molecule has 5 nitrogen and oxygen atoms in total. The summed E-state index contributed by atoms with van der Waals surface area (Å²) in [6, 6.07) is 6.95. The highest BCUT2D eigenvalue weighted by Crippen LogP contribution is 2.48. The summed E-state index contributed by atoms with van der Waals surface area (Å²) >= 11 is 0. The van der Waals surface area contributed by atoms with E-state index >= 15 is 0 Å². The van der Waals surface area contributed by atoms with E-state index in [9.17, 15) is 14.7 Å². The zero-order chi connectivity index (χ0) is 14.6. The van der Waals surface area contributed by atoms with Crippen molar-refractivity contribution >= 4 is 17.6 Å². The SMILES string of the molecule is C#CCNCC(=O)Nc1ccc(C2(C(=O)O)CC2)cc1. The second-order valence-corrected chi connectivity index (χ2v) is 4.82. The molecular formula is C15H16N2O3. The van der Waals surface area contributed by atoms with Crippen LogP contribution in [0.25, 0.3) is 0 Å². The zero-order valence-corrected chi connectivity index (χ0v) is 11.0. The first-order valence-electron chi connectivity index (χ1n) is 6.36. The number of amides is 1. The van der Waals surface area contributed by atoms with Gasteiger partial charge in [-0.2, -0.15) is 0 Å². The Morgan fingerprint density at radius 2 is 1.95 bits per heavy atom. The highest BCUT2D eigenvalue weighted by atomic mass is 16.4. The molecule has 0 aromatic heterocycles. The molecule has 0 atom stereocenters. The number of rotatable bonds is 6. The fraction of sp³-hybridized carbons (Fsp3) is 0.333. The van der Waals surface area contributed by atoms with Crippen molar-refractivity contribution < 1.29 is 14.7 Å². The van der Waals surface area contributed by atoms with E-state index < -0.39 is 11.4 Å². The third-order valence-electron chi connectivity index (χ3n) is 3.39. The van der Waals surface area contributed by atoms with Crippen molar-refractivity contribution in [3.63, 3.8) is 0 Å². The number of carbonyl (C=O) groups excluding carboxylic acids is 1. The lowest BCUT2D eigenvalue weighted by Gasteiger charge is -2.11. The average Bonchev–Trinajstić information content (AvgIpc) is 3.21. The highest BCUT2D eigenvalue weighted by molar-refractivity contribution is 5.92. The quantitative estimate of drug-likeness (QED) is 0.532. The molecule has 0 saturated heterocycles. The minimum absolute atomic E-state index is 0.144. The molecule has 1 aliphatic carbocycles. The van der Waals surface area contributed by atoms with Crippen molar-refractivity contribution in [2.24, 2.45) is 0 Å². The van der Waals surface area contributed by atoms with E-state index in [-0.39, 0.29) is 12.5 Å². The second kappa shape index (κ2) is 5.76. The number of terminal acetylenes is 1. The molecule has 0 aliphatic heterocycles. The molecule has 1 aromatic rings. The van der Waals surface area contributed by atoms with Crippen LogP contribution in [0.4, 0.5) is 5.69 Å². The van der Waals surface area contributed by atoms with E-state index in [1.807, 2.05) is 0 Å². The van der Waals surface area contributed by atoms with E-state index in [2.05, 4.69) is 16.6 Å². The standard InChI is InChI=1S/C15H16N2O3/c1-2-9-16-10-13(18)17-12-5-3-11(4-6-12)15(7-8-15)14(19)20/h1,3-6,16H,7-10H2,(H,17,18)(H,19,20). The number of carbonyl (C=O) groups is 2. The van der Waals surface area contributed by atoms with E-state index in [4.69, 9.17) is 6.42 Å². The topological polar surface area (TPSA) is 78.4 Å². The van der Waals surface area contributed by atoms with Gasteiger partial charge < -0.3 is 10.4 Å². The summed E-state index contributed by atoms with van der Waals surface area (Å²) in [7, 11) is 0. The van der Waals surface area contributed by atoms with Gasteiger partial charge in [0.2, 0.25) is 5.91 Å². The number of carboxylic acids is 1. The number of benzene rings is 1. The van der Waals surface area contributed by atoms with Gasteiger partial charge in [0.05, 0.1) is 18.5 Å². The Balaban J connectivity index is 1.94. The number of hydrogen-bond donors (Lipinski definition) is 3. The Bertz CT molecular complexity index is 553. The molecular weight excluding hydrogens is 256 g/mol. The largest absolute Gasteiger partial charge is 0.481 e. The first-order valence-corrected chi connectivity index (χ1v) is 6.36. The van der Waals surface area contributed by atoms with Crippen LogP contribution in [0.2, 0.25) is 0 Å². The number of hydrogen-bond acceptors (Lipinski definition) is 3. The van der Waals surface area contributed by atoms with Gasteiger partial charge in [-0.25, -0.2) is 0 Å². The maximum absolute atomic E-state index is 11.6. The fourth-order valence-electron chi connectivity index (χ4n) is 2.08. The van der Waals surface area contributed by atoms with Crippen molar-refractivity contribution in [1.29, 1.82) is 0 Å². The molecule has 5 heteroatoms. The molecule has 0 radical (unpaired) electrons. The van der Waals surface area contributed by atoms with Gasteiger partial charge >= 0.3 is 5.97 Å². The van der Waals surface area contributed by atoms with Gasteiger partial charge in [0.15, 0.2) is 0 Å². The lowest BCUT2D eigenvalue weighted by atomic mass is 9.96. The lowest BCUT2D eigenvalue weighted by Crippen LogP contribution is -2.28. The van der Waals surface area contributed by atoms with Crippen LogP contribution < -0.4 is 10.6 Å². The maximum atomic E-state index is 11.6. The molecule has 0 bridgehead atoms. The van der Waals surface area contributed by atoms with Gasteiger partial charge in [-0.15, -0.1) is 6.42 Å². The lowest BCUT2D eigenvalue weighted by molar-refractivity contribution is -0.140. The Morgan fingerprint density at radius 1 is 1.30 bits per heavy atom. The molecule has 2 rings (SSSR count). The van der Waals surface area contributed by atoms with Crippen LogP contribution >= 0.6 is 0 Å². The Labute approximate surface area is 117 Å². The van der Waals surface area contributed by atoms with Crippen molar-refractivity contribution in [3.05, 3.63) is 29.8 Å². The summed E-state index contributed by atoms with van der Waals surface area (Å²) in [4.78, 5) is 22.8. The molecule has 104 valence electrons. The van der Waals surface area contributed by atoms with Gasteiger partial charge in [0.25, 0.3) is 0 Å². The summed E-state index contributed by atoms with van der Waals surface area (Å²) in [5, 5.41) is 14.7. The monoisotopic (exact) mass is 272 g/mol. The Kier molecular flexibility index (Phi) is 4.06. The zero-order valence-electron chi connectivity index (χ0n) is 11.0. The molecule has 0 spiro atoms. The predicted octanol–water partition coefficient (Wildman–Crippen LogP) is 0.964. The molecule has 1 saturated carbocycles. The van der Waals surface area contributed by atoms with Crippen LogP contribution in [-0.2, 0) is 15.0 Å². The summed E-state index contributed by atoms with van der Waals surface area (Å²) in [6.07, 6.45) is 6.40. The van der Waals surface area contributed by atoms with Crippen molar-refractivity contribution in [3.8, 4) is 12.3 Å². The first-order chi connectivity index (χ1) is 9.58. The van der Waals surface area contributed by atoms with Crippen LogP contribution in [0.5, 0.6) is 0 Å². The Hall–Kier alpha value is -2.32. The third kappa shape index (κ3) is 2.98. The molecule has 1 aromatic carbocycles. The van der Waals surface area contributed by atoms with Gasteiger partial charge in [-0.3, -0.25) is 14.9 Å². The Morgan fingerprint density at radius 3 is 2.45 bits per heavy atom. The number of anilines is 1.